The van der Waals surface area contributed by atoms with Crippen molar-refractivity contribution in [3.8, 4) is 0 Å². The van der Waals surface area contributed by atoms with Crippen molar-refractivity contribution in [3.05, 3.63) is 47.5 Å². The van der Waals surface area contributed by atoms with E-state index in [1.807, 2.05) is 30.6 Å². The monoisotopic (exact) mass is 314 g/mol. The van der Waals surface area contributed by atoms with Gasteiger partial charge in [-0.15, -0.1) is 0 Å². The lowest BCUT2D eigenvalue weighted by Crippen LogP contribution is -2.38. The lowest BCUT2D eigenvalue weighted by molar-refractivity contribution is 0.769. The average molecular weight is 314 g/mol. The molecule has 2 rings (SSSR count). The lowest BCUT2D eigenvalue weighted by atomic mass is 10.1. The molecular weight excluding hydrogens is 288 g/mol. The second-order valence-corrected chi connectivity index (χ2v) is 5.38. The summed E-state index contributed by atoms with van der Waals surface area (Å²) in [5.41, 5.74) is 3.51. The normalized spacial score (nSPS) is 11.5. The molecule has 3 N–H and O–H groups in total. The standard InChI is InChI=1S/C17H26N6/c1-3-18-17(21-12-9-16-8-4-5-10-19-16)20-11-6-7-15-13-22-23-14(15)2/h4-5,8,10,13H,3,6-7,9,11-12H2,1-2H3,(H,22,23)(H2,18,20,21). The van der Waals surface area contributed by atoms with Gasteiger partial charge in [0.25, 0.3) is 0 Å². The Morgan fingerprint density at radius 1 is 1.26 bits per heavy atom. The Hall–Kier alpha value is -2.37. The van der Waals surface area contributed by atoms with Crippen LogP contribution in [0.1, 0.15) is 30.3 Å². The highest BCUT2D eigenvalue weighted by Crippen LogP contribution is 2.05. The second-order valence-electron chi connectivity index (χ2n) is 5.38. The number of aryl methyl sites for hydroxylation is 2. The molecule has 124 valence electrons. The van der Waals surface area contributed by atoms with E-state index < -0.39 is 0 Å². The van der Waals surface area contributed by atoms with Gasteiger partial charge in [0.1, 0.15) is 0 Å². The number of H-pyrrole nitrogens is 1. The quantitative estimate of drug-likeness (QED) is 0.395. The van der Waals surface area contributed by atoms with Crippen molar-refractivity contribution < 1.29 is 0 Å². The first-order valence-corrected chi connectivity index (χ1v) is 8.20. The zero-order valence-corrected chi connectivity index (χ0v) is 14.0. The van der Waals surface area contributed by atoms with E-state index in [1.165, 1.54) is 5.56 Å². The number of pyridine rings is 1. The van der Waals surface area contributed by atoms with Crippen molar-refractivity contribution in [1.29, 1.82) is 0 Å². The first-order chi connectivity index (χ1) is 11.3. The summed E-state index contributed by atoms with van der Waals surface area (Å²) < 4.78 is 0. The first-order valence-electron chi connectivity index (χ1n) is 8.20. The van der Waals surface area contributed by atoms with Crippen LogP contribution in [0.5, 0.6) is 0 Å². The molecule has 6 nitrogen and oxygen atoms in total. The molecule has 0 unspecified atom stereocenters. The Labute approximate surface area is 137 Å². The van der Waals surface area contributed by atoms with Gasteiger partial charge in [-0.25, -0.2) is 0 Å². The van der Waals surface area contributed by atoms with E-state index in [-0.39, 0.29) is 0 Å². The maximum Gasteiger partial charge on any atom is 0.191 e. The Morgan fingerprint density at radius 2 is 2.17 bits per heavy atom. The molecule has 0 atom stereocenters. The van der Waals surface area contributed by atoms with Gasteiger partial charge in [0.2, 0.25) is 0 Å². The van der Waals surface area contributed by atoms with E-state index in [4.69, 9.17) is 0 Å². The molecule has 0 aliphatic rings. The molecule has 0 fully saturated rings. The predicted molar refractivity (Wildman–Crippen MR) is 93.6 cm³/mol. The van der Waals surface area contributed by atoms with Crippen molar-refractivity contribution in [2.24, 2.45) is 4.99 Å². The maximum absolute atomic E-state index is 4.62. The number of aliphatic imine (C=N–C) groups is 1. The number of rotatable bonds is 8. The highest BCUT2D eigenvalue weighted by atomic mass is 15.2. The summed E-state index contributed by atoms with van der Waals surface area (Å²) in [6.45, 7) is 6.60. The van der Waals surface area contributed by atoms with Crippen molar-refractivity contribution in [3.63, 3.8) is 0 Å². The second kappa shape index (κ2) is 9.61. The van der Waals surface area contributed by atoms with Crippen LogP contribution >= 0.6 is 0 Å². The molecule has 0 radical (unpaired) electrons. The van der Waals surface area contributed by atoms with E-state index >= 15 is 0 Å². The molecule has 2 heterocycles. The molecule has 0 amide bonds. The molecule has 0 aromatic carbocycles. The Balaban J connectivity index is 1.72. The zero-order valence-electron chi connectivity index (χ0n) is 14.0. The Morgan fingerprint density at radius 3 is 2.87 bits per heavy atom. The van der Waals surface area contributed by atoms with E-state index in [2.05, 4.69) is 44.7 Å². The lowest BCUT2D eigenvalue weighted by Gasteiger charge is -2.11. The molecule has 0 aliphatic carbocycles. The van der Waals surface area contributed by atoms with Gasteiger partial charge in [-0.05, 0) is 44.4 Å². The van der Waals surface area contributed by atoms with E-state index in [9.17, 15) is 0 Å². The summed E-state index contributed by atoms with van der Waals surface area (Å²) in [6.07, 6.45) is 6.62. The summed E-state index contributed by atoms with van der Waals surface area (Å²) in [7, 11) is 0. The van der Waals surface area contributed by atoms with Gasteiger partial charge < -0.3 is 10.6 Å². The van der Waals surface area contributed by atoms with Crippen LogP contribution in [-0.4, -0.2) is 40.8 Å². The minimum absolute atomic E-state index is 0.795. The van der Waals surface area contributed by atoms with Gasteiger partial charge in [-0.1, -0.05) is 6.07 Å². The highest BCUT2D eigenvalue weighted by molar-refractivity contribution is 5.79. The van der Waals surface area contributed by atoms with Crippen LogP contribution in [0.15, 0.2) is 35.6 Å². The zero-order chi connectivity index (χ0) is 16.3. The third-order valence-corrected chi connectivity index (χ3v) is 3.55. The van der Waals surface area contributed by atoms with E-state index in [1.54, 1.807) is 0 Å². The number of guanidine groups is 1. The summed E-state index contributed by atoms with van der Waals surface area (Å²) in [5, 5.41) is 13.6. The summed E-state index contributed by atoms with van der Waals surface area (Å²) >= 11 is 0. The number of nitrogens with zero attached hydrogens (tertiary/aromatic N) is 3. The molecule has 0 saturated carbocycles. The topological polar surface area (TPSA) is 78.0 Å². The van der Waals surface area contributed by atoms with Crippen LogP contribution in [0.25, 0.3) is 0 Å². The largest absolute Gasteiger partial charge is 0.357 e. The van der Waals surface area contributed by atoms with Crippen LogP contribution in [0.4, 0.5) is 0 Å². The number of aromatic amines is 1. The minimum Gasteiger partial charge on any atom is -0.357 e. The van der Waals surface area contributed by atoms with Gasteiger partial charge in [0.15, 0.2) is 5.96 Å². The van der Waals surface area contributed by atoms with Crippen LogP contribution < -0.4 is 10.6 Å². The highest BCUT2D eigenvalue weighted by Gasteiger charge is 2.01. The number of hydrogen-bond acceptors (Lipinski definition) is 3. The van der Waals surface area contributed by atoms with Crippen LogP contribution in [0, 0.1) is 6.92 Å². The average Bonchev–Trinajstić information content (AvgIpc) is 2.97. The van der Waals surface area contributed by atoms with Gasteiger partial charge in [0, 0.05) is 43.6 Å². The van der Waals surface area contributed by atoms with E-state index in [0.29, 0.717) is 0 Å². The van der Waals surface area contributed by atoms with Gasteiger partial charge in [-0.3, -0.25) is 15.1 Å². The summed E-state index contributed by atoms with van der Waals surface area (Å²) in [6, 6.07) is 5.99. The molecule has 6 heteroatoms. The fourth-order valence-corrected chi connectivity index (χ4v) is 2.28. The van der Waals surface area contributed by atoms with Crippen LogP contribution in [0.3, 0.4) is 0 Å². The Bertz CT molecular complexity index is 590. The summed E-state index contributed by atoms with van der Waals surface area (Å²) in [5.74, 6) is 0.868. The number of nitrogens with one attached hydrogen (secondary N) is 3. The molecule has 0 spiro atoms. The minimum atomic E-state index is 0.795. The fourth-order valence-electron chi connectivity index (χ4n) is 2.28. The third kappa shape index (κ3) is 6.10. The van der Waals surface area contributed by atoms with E-state index in [0.717, 1.165) is 56.2 Å². The molecule has 0 aliphatic heterocycles. The molecule has 2 aromatic rings. The molecular formula is C17H26N6. The summed E-state index contributed by atoms with van der Waals surface area (Å²) in [4.78, 5) is 8.94. The van der Waals surface area contributed by atoms with Gasteiger partial charge in [-0.2, -0.15) is 5.10 Å². The Kier molecular flexibility index (Phi) is 7.10. The molecule has 0 bridgehead atoms. The smallest absolute Gasteiger partial charge is 0.191 e. The number of hydrogen-bond donors (Lipinski definition) is 3. The van der Waals surface area contributed by atoms with Crippen molar-refractivity contribution in [2.75, 3.05) is 19.6 Å². The van der Waals surface area contributed by atoms with Crippen LogP contribution in [-0.2, 0) is 12.8 Å². The maximum atomic E-state index is 4.62. The van der Waals surface area contributed by atoms with Crippen LogP contribution in [0.2, 0.25) is 0 Å². The van der Waals surface area contributed by atoms with Gasteiger partial charge >= 0.3 is 0 Å². The van der Waals surface area contributed by atoms with Gasteiger partial charge in [0.05, 0.1) is 6.20 Å². The van der Waals surface area contributed by atoms with Crippen molar-refractivity contribution >= 4 is 5.96 Å². The fraction of sp³-hybridized carbons (Fsp3) is 0.471. The SMILES string of the molecule is CCNC(=NCCCc1cn[nH]c1C)NCCc1ccccn1. The van der Waals surface area contributed by atoms with Crippen molar-refractivity contribution in [2.45, 2.75) is 33.1 Å². The first kappa shape index (κ1) is 17.0. The van der Waals surface area contributed by atoms with Crippen molar-refractivity contribution in [1.82, 2.24) is 25.8 Å². The molecule has 2 aromatic heterocycles. The number of aromatic nitrogens is 3. The molecule has 23 heavy (non-hydrogen) atoms. The third-order valence-electron chi connectivity index (χ3n) is 3.55. The predicted octanol–water partition coefficient (Wildman–Crippen LogP) is 1.84. The molecule has 0 saturated heterocycles.